The Morgan fingerprint density at radius 1 is 1.29 bits per heavy atom. The Morgan fingerprint density at radius 2 is 2.12 bits per heavy atom. The average Bonchev–Trinajstić information content (AvgIpc) is 3.15. The average molecular weight is 340 g/mol. The van der Waals surface area contributed by atoms with E-state index in [1.165, 1.54) is 34.3 Å². The minimum atomic E-state index is -0.0850. The molecule has 2 aromatic heterocycles. The molecule has 5 nitrogen and oxygen atoms in total. The molecule has 0 bridgehead atoms. The molecule has 1 aromatic carbocycles. The topological polar surface area (TPSA) is 50.5 Å². The van der Waals surface area contributed by atoms with Gasteiger partial charge in [0.15, 0.2) is 0 Å². The number of benzene rings is 1. The Hall–Kier alpha value is -2.05. The summed E-state index contributed by atoms with van der Waals surface area (Å²) in [7, 11) is 0. The molecule has 24 heavy (non-hydrogen) atoms. The van der Waals surface area contributed by atoms with E-state index in [0.717, 1.165) is 30.2 Å². The number of rotatable bonds is 4. The van der Waals surface area contributed by atoms with Crippen molar-refractivity contribution in [3.8, 4) is 0 Å². The highest BCUT2D eigenvalue weighted by atomic mass is 32.1. The predicted octanol–water partition coefficient (Wildman–Crippen LogP) is 2.67. The Morgan fingerprint density at radius 3 is 2.96 bits per heavy atom. The summed E-state index contributed by atoms with van der Waals surface area (Å²) in [6, 6.07) is 12.8. The number of nitrogens with zero attached hydrogens (tertiary/aromatic N) is 4. The van der Waals surface area contributed by atoms with E-state index < -0.39 is 0 Å². The fourth-order valence-electron chi connectivity index (χ4n) is 3.46. The quantitative estimate of drug-likeness (QED) is 0.733. The minimum absolute atomic E-state index is 0.0850. The zero-order valence-electron chi connectivity index (χ0n) is 13.7. The van der Waals surface area contributed by atoms with E-state index in [2.05, 4.69) is 45.3 Å². The summed E-state index contributed by atoms with van der Waals surface area (Å²) in [6.07, 6.45) is 3.47. The molecule has 0 N–H and O–H groups in total. The van der Waals surface area contributed by atoms with Gasteiger partial charge < -0.3 is 0 Å². The monoisotopic (exact) mass is 340 g/mol. The smallest absolute Gasteiger partial charge is 0.275 e. The van der Waals surface area contributed by atoms with E-state index in [4.69, 9.17) is 0 Å². The van der Waals surface area contributed by atoms with Gasteiger partial charge in [-0.2, -0.15) is 9.61 Å². The summed E-state index contributed by atoms with van der Waals surface area (Å²) in [5, 5.41) is 5.06. The van der Waals surface area contributed by atoms with Crippen molar-refractivity contribution in [2.45, 2.75) is 38.8 Å². The van der Waals surface area contributed by atoms with E-state index in [1.54, 1.807) is 6.07 Å². The molecule has 0 amide bonds. The number of likely N-dealkylation sites (tertiary alicyclic amines) is 1. The van der Waals surface area contributed by atoms with Crippen LogP contribution in [0.1, 0.15) is 29.1 Å². The third kappa shape index (κ3) is 3.12. The van der Waals surface area contributed by atoms with Gasteiger partial charge in [0.25, 0.3) is 5.56 Å². The SMILES string of the molecule is Cc1nn2c(=O)cc(CN3CCCC3Cc3ccccc3)nc2s1. The van der Waals surface area contributed by atoms with Gasteiger partial charge in [0.1, 0.15) is 5.01 Å². The molecule has 1 atom stereocenters. The highest BCUT2D eigenvalue weighted by Crippen LogP contribution is 2.23. The first-order valence-corrected chi connectivity index (χ1v) is 9.15. The number of fused-ring (bicyclic) bond motifs is 1. The van der Waals surface area contributed by atoms with Gasteiger partial charge in [0.2, 0.25) is 4.96 Å². The second-order valence-electron chi connectivity index (χ2n) is 6.36. The minimum Gasteiger partial charge on any atom is -0.294 e. The molecule has 1 aliphatic heterocycles. The number of hydrogen-bond acceptors (Lipinski definition) is 5. The highest BCUT2D eigenvalue weighted by molar-refractivity contribution is 7.16. The van der Waals surface area contributed by atoms with Crippen LogP contribution in [0.15, 0.2) is 41.2 Å². The maximum absolute atomic E-state index is 12.2. The van der Waals surface area contributed by atoms with Crippen molar-refractivity contribution in [2.75, 3.05) is 6.54 Å². The Labute approximate surface area is 144 Å². The molecular formula is C18H20N4OS. The maximum Gasteiger partial charge on any atom is 0.275 e. The molecule has 0 spiro atoms. The number of aryl methyl sites for hydroxylation is 1. The Balaban J connectivity index is 1.54. The lowest BCUT2D eigenvalue weighted by Gasteiger charge is -2.24. The normalized spacial score (nSPS) is 18.5. The molecule has 0 radical (unpaired) electrons. The van der Waals surface area contributed by atoms with Gasteiger partial charge in [-0.15, -0.1) is 0 Å². The zero-order valence-corrected chi connectivity index (χ0v) is 14.5. The van der Waals surface area contributed by atoms with Crippen molar-refractivity contribution in [1.29, 1.82) is 0 Å². The summed E-state index contributed by atoms with van der Waals surface area (Å²) in [4.78, 5) is 20.0. The fourth-order valence-corrected chi connectivity index (χ4v) is 4.23. The van der Waals surface area contributed by atoms with Gasteiger partial charge in [-0.05, 0) is 38.3 Å². The molecule has 3 heterocycles. The van der Waals surface area contributed by atoms with Crippen molar-refractivity contribution in [2.24, 2.45) is 0 Å². The van der Waals surface area contributed by atoms with E-state index >= 15 is 0 Å². The van der Waals surface area contributed by atoms with Gasteiger partial charge in [0.05, 0.1) is 5.69 Å². The second kappa shape index (κ2) is 6.45. The van der Waals surface area contributed by atoms with Crippen LogP contribution in [0.25, 0.3) is 4.96 Å². The molecule has 0 aliphatic carbocycles. The van der Waals surface area contributed by atoms with Crippen LogP contribution in [0.3, 0.4) is 0 Å². The highest BCUT2D eigenvalue weighted by Gasteiger charge is 2.25. The van der Waals surface area contributed by atoms with Crippen molar-refractivity contribution in [3.05, 3.63) is 63.0 Å². The first kappa shape index (κ1) is 15.5. The summed E-state index contributed by atoms with van der Waals surface area (Å²) in [6.45, 7) is 3.70. The largest absolute Gasteiger partial charge is 0.294 e. The van der Waals surface area contributed by atoms with Crippen molar-refractivity contribution in [3.63, 3.8) is 0 Å². The molecule has 124 valence electrons. The van der Waals surface area contributed by atoms with Gasteiger partial charge >= 0.3 is 0 Å². The molecule has 3 aromatic rings. The molecule has 1 saturated heterocycles. The second-order valence-corrected chi connectivity index (χ2v) is 7.52. The molecule has 1 fully saturated rings. The van der Waals surface area contributed by atoms with Crippen LogP contribution in [0.4, 0.5) is 0 Å². The third-order valence-electron chi connectivity index (χ3n) is 4.58. The van der Waals surface area contributed by atoms with E-state index in [9.17, 15) is 4.79 Å². The number of hydrogen-bond donors (Lipinski definition) is 0. The van der Waals surface area contributed by atoms with Gasteiger partial charge in [0, 0.05) is 18.7 Å². The standard InChI is InChI=1S/C18H20N4OS/c1-13-20-22-17(23)11-15(19-18(22)24-13)12-21-9-5-8-16(21)10-14-6-3-2-4-7-14/h2-4,6-7,11,16H,5,8-10,12H2,1H3. The summed E-state index contributed by atoms with van der Waals surface area (Å²) in [5.41, 5.74) is 2.14. The van der Waals surface area contributed by atoms with Crippen LogP contribution in [0.2, 0.25) is 0 Å². The zero-order chi connectivity index (χ0) is 16.5. The van der Waals surface area contributed by atoms with Gasteiger partial charge in [-0.25, -0.2) is 4.98 Å². The molecule has 1 unspecified atom stereocenters. The van der Waals surface area contributed by atoms with Gasteiger partial charge in [-0.3, -0.25) is 9.69 Å². The van der Waals surface area contributed by atoms with Crippen LogP contribution in [0.5, 0.6) is 0 Å². The third-order valence-corrected chi connectivity index (χ3v) is 5.40. The Bertz CT molecular complexity index is 902. The van der Waals surface area contributed by atoms with Crippen molar-refractivity contribution >= 4 is 16.3 Å². The van der Waals surface area contributed by atoms with Crippen LogP contribution in [-0.4, -0.2) is 32.1 Å². The lowest BCUT2D eigenvalue weighted by atomic mass is 10.0. The lowest BCUT2D eigenvalue weighted by molar-refractivity contribution is 0.241. The van der Waals surface area contributed by atoms with E-state index in [-0.39, 0.29) is 5.56 Å². The predicted molar refractivity (Wildman–Crippen MR) is 95.4 cm³/mol. The molecular weight excluding hydrogens is 320 g/mol. The van der Waals surface area contributed by atoms with Crippen LogP contribution in [0, 0.1) is 6.92 Å². The van der Waals surface area contributed by atoms with Crippen LogP contribution < -0.4 is 5.56 Å². The summed E-state index contributed by atoms with van der Waals surface area (Å²) in [5.74, 6) is 0. The first-order valence-electron chi connectivity index (χ1n) is 8.33. The van der Waals surface area contributed by atoms with Gasteiger partial charge in [-0.1, -0.05) is 41.7 Å². The molecule has 6 heteroatoms. The van der Waals surface area contributed by atoms with Crippen LogP contribution in [-0.2, 0) is 13.0 Å². The molecule has 4 rings (SSSR count). The van der Waals surface area contributed by atoms with Crippen molar-refractivity contribution in [1.82, 2.24) is 19.5 Å². The summed E-state index contributed by atoms with van der Waals surface area (Å²) >= 11 is 1.46. The Kier molecular flexibility index (Phi) is 4.16. The maximum atomic E-state index is 12.2. The lowest BCUT2D eigenvalue weighted by Crippen LogP contribution is -2.31. The van der Waals surface area contributed by atoms with Crippen LogP contribution >= 0.6 is 11.3 Å². The fraction of sp³-hybridized carbons (Fsp3) is 0.389. The van der Waals surface area contributed by atoms with Crippen molar-refractivity contribution < 1.29 is 0 Å². The molecule has 1 aliphatic rings. The number of aromatic nitrogens is 3. The van der Waals surface area contributed by atoms with E-state index in [1.807, 2.05) is 6.92 Å². The van der Waals surface area contributed by atoms with E-state index in [0.29, 0.717) is 11.0 Å². The first-order chi connectivity index (χ1) is 11.7. The molecule has 0 saturated carbocycles. The summed E-state index contributed by atoms with van der Waals surface area (Å²) < 4.78 is 1.40.